The van der Waals surface area contributed by atoms with Crippen LogP contribution in [0.5, 0.6) is 0 Å². The van der Waals surface area contributed by atoms with Crippen LogP contribution in [0.1, 0.15) is 22.3 Å². The van der Waals surface area contributed by atoms with Gasteiger partial charge in [-0.15, -0.1) is 0 Å². The zero-order chi connectivity index (χ0) is 19.5. The first-order chi connectivity index (χ1) is 13.6. The number of halogens is 1. The van der Waals surface area contributed by atoms with Crippen molar-refractivity contribution in [3.8, 4) is 6.07 Å². The van der Waals surface area contributed by atoms with Gasteiger partial charge >= 0.3 is 0 Å². The molecule has 136 valence electrons. The number of aromatic nitrogens is 1. The fraction of sp³-hybridized carbons (Fsp3) is 0.0800. The van der Waals surface area contributed by atoms with Gasteiger partial charge in [-0.25, -0.2) is 0 Å². The minimum Gasteiger partial charge on any atom is -0.342 e. The van der Waals surface area contributed by atoms with Gasteiger partial charge in [0.15, 0.2) is 0 Å². The van der Waals surface area contributed by atoms with Crippen molar-refractivity contribution >= 4 is 34.2 Å². The molecule has 28 heavy (non-hydrogen) atoms. The summed E-state index contributed by atoms with van der Waals surface area (Å²) < 4.78 is 2.24. The zero-order valence-corrected chi connectivity index (χ0v) is 16.3. The van der Waals surface area contributed by atoms with Crippen molar-refractivity contribution < 1.29 is 0 Å². The average Bonchev–Trinajstić information content (AvgIpc) is 3.03. The minimum absolute atomic E-state index is 0.598. The van der Waals surface area contributed by atoms with E-state index in [1.54, 1.807) is 0 Å². The first kappa shape index (κ1) is 18.1. The topological polar surface area (TPSA) is 28.7 Å². The molecular formula is C25H19ClN2. The highest BCUT2D eigenvalue weighted by Crippen LogP contribution is 2.27. The van der Waals surface area contributed by atoms with Gasteiger partial charge < -0.3 is 4.57 Å². The van der Waals surface area contributed by atoms with E-state index in [4.69, 9.17) is 11.6 Å². The van der Waals surface area contributed by atoms with E-state index in [9.17, 15) is 5.26 Å². The molecule has 3 heteroatoms. The van der Waals surface area contributed by atoms with Gasteiger partial charge in [-0.1, -0.05) is 71.8 Å². The summed E-state index contributed by atoms with van der Waals surface area (Å²) in [5.74, 6) is 0. The number of fused-ring (bicyclic) bond motifs is 1. The quantitative estimate of drug-likeness (QED) is 0.360. The van der Waals surface area contributed by atoms with Crippen LogP contribution in [0.25, 0.3) is 22.6 Å². The summed E-state index contributed by atoms with van der Waals surface area (Å²) in [4.78, 5) is 0. The normalized spacial score (nSPS) is 11.5. The molecule has 0 amide bonds. The maximum absolute atomic E-state index is 9.71. The predicted octanol–water partition coefficient (Wildman–Crippen LogP) is 6.72. The molecule has 0 spiro atoms. The van der Waals surface area contributed by atoms with Crippen LogP contribution in [-0.4, -0.2) is 4.57 Å². The Bertz CT molecular complexity index is 1220. The summed E-state index contributed by atoms with van der Waals surface area (Å²) in [7, 11) is 0. The standard InChI is InChI=1S/C25H19ClN2/c1-18-6-4-7-19(12-18)16-28-17-22(24-10-2-3-11-25(24)28)13-21(15-27)20-8-5-9-23(26)14-20/h2-14,17H,16H2,1H3/b21-13-. The lowest BCUT2D eigenvalue weighted by Gasteiger charge is -2.06. The van der Waals surface area contributed by atoms with E-state index in [0.717, 1.165) is 28.6 Å². The molecular weight excluding hydrogens is 364 g/mol. The van der Waals surface area contributed by atoms with Gasteiger partial charge in [0.2, 0.25) is 0 Å². The third-order valence-corrected chi connectivity index (χ3v) is 5.05. The Morgan fingerprint density at radius 1 is 1.04 bits per heavy atom. The van der Waals surface area contributed by atoms with E-state index < -0.39 is 0 Å². The number of rotatable bonds is 4. The van der Waals surface area contributed by atoms with Gasteiger partial charge in [0.05, 0.1) is 11.6 Å². The number of para-hydroxylation sites is 1. The molecule has 0 saturated heterocycles. The van der Waals surface area contributed by atoms with E-state index in [2.05, 4.69) is 60.2 Å². The van der Waals surface area contributed by atoms with Crippen molar-refractivity contribution in [2.24, 2.45) is 0 Å². The number of nitrogens with zero attached hydrogens (tertiary/aromatic N) is 2. The summed E-state index contributed by atoms with van der Waals surface area (Å²) in [5, 5.41) is 11.5. The second-order valence-corrected chi connectivity index (χ2v) is 7.34. The SMILES string of the molecule is Cc1cccc(Cn2cc(/C=C(/C#N)c3cccc(Cl)c3)c3ccccc32)c1. The Morgan fingerprint density at radius 3 is 2.64 bits per heavy atom. The number of allylic oxidation sites excluding steroid dienone is 1. The molecule has 0 saturated carbocycles. The summed E-state index contributed by atoms with van der Waals surface area (Å²) >= 11 is 6.11. The van der Waals surface area contributed by atoms with Gasteiger partial charge in [-0.05, 0) is 42.3 Å². The number of benzene rings is 3. The fourth-order valence-electron chi connectivity index (χ4n) is 3.52. The fourth-order valence-corrected chi connectivity index (χ4v) is 3.71. The maximum atomic E-state index is 9.71. The lowest BCUT2D eigenvalue weighted by molar-refractivity contribution is 0.835. The van der Waals surface area contributed by atoms with Crippen molar-refractivity contribution in [2.75, 3.05) is 0 Å². The van der Waals surface area contributed by atoms with Crippen LogP contribution in [0.15, 0.2) is 79.0 Å². The van der Waals surface area contributed by atoms with Crippen molar-refractivity contribution in [1.29, 1.82) is 5.26 Å². The molecule has 2 nitrogen and oxygen atoms in total. The summed E-state index contributed by atoms with van der Waals surface area (Å²) in [6.45, 7) is 2.89. The molecule has 0 N–H and O–H groups in total. The van der Waals surface area contributed by atoms with Gasteiger partial charge in [-0.3, -0.25) is 0 Å². The highest BCUT2D eigenvalue weighted by Gasteiger charge is 2.09. The molecule has 0 fully saturated rings. The van der Waals surface area contributed by atoms with E-state index in [1.807, 2.05) is 42.5 Å². The predicted molar refractivity (Wildman–Crippen MR) is 117 cm³/mol. The van der Waals surface area contributed by atoms with E-state index in [-0.39, 0.29) is 0 Å². The average molecular weight is 383 g/mol. The molecule has 0 aliphatic carbocycles. The van der Waals surface area contributed by atoms with Gasteiger partial charge in [0.1, 0.15) is 0 Å². The molecule has 0 radical (unpaired) electrons. The summed E-state index contributed by atoms with van der Waals surface area (Å²) in [5.41, 5.74) is 6.11. The highest BCUT2D eigenvalue weighted by molar-refractivity contribution is 6.30. The van der Waals surface area contributed by atoms with Crippen LogP contribution in [0.2, 0.25) is 5.02 Å². The molecule has 1 heterocycles. The summed E-state index contributed by atoms with van der Waals surface area (Å²) in [6.07, 6.45) is 4.07. The van der Waals surface area contributed by atoms with Crippen LogP contribution < -0.4 is 0 Å². The third kappa shape index (κ3) is 3.71. The lowest BCUT2D eigenvalue weighted by Crippen LogP contribution is -1.97. The Labute approximate surface area is 169 Å². The van der Waals surface area contributed by atoms with Crippen molar-refractivity contribution in [1.82, 2.24) is 4.57 Å². The van der Waals surface area contributed by atoms with Crippen molar-refractivity contribution in [3.63, 3.8) is 0 Å². The van der Waals surface area contributed by atoms with Crippen LogP contribution in [0.3, 0.4) is 0 Å². The van der Waals surface area contributed by atoms with Gasteiger partial charge in [0.25, 0.3) is 0 Å². The Kier molecular flexibility index (Phi) is 5.02. The second kappa shape index (κ2) is 7.76. The van der Waals surface area contributed by atoms with Crippen LogP contribution in [0.4, 0.5) is 0 Å². The minimum atomic E-state index is 0.598. The Balaban J connectivity index is 1.81. The molecule has 0 unspecified atom stereocenters. The molecule has 0 aliphatic rings. The highest BCUT2D eigenvalue weighted by atomic mass is 35.5. The Morgan fingerprint density at radius 2 is 1.86 bits per heavy atom. The van der Waals surface area contributed by atoms with Crippen molar-refractivity contribution in [3.05, 3.63) is 106 Å². The molecule has 0 aliphatic heterocycles. The first-order valence-electron chi connectivity index (χ1n) is 9.15. The van der Waals surface area contributed by atoms with E-state index in [0.29, 0.717) is 10.6 Å². The monoisotopic (exact) mass is 382 g/mol. The lowest BCUT2D eigenvalue weighted by atomic mass is 10.0. The van der Waals surface area contributed by atoms with E-state index >= 15 is 0 Å². The third-order valence-electron chi connectivity index (χ3n) is 4.81. The summed E-state index contributed by atoms with van der Waals surface area (Å²) in [6, 6.07) is 26.6. The molecule has 0 bridgehead atoms. The number of aryl methyl sites for hydroxylation is 1. The van der Waals surface area contributed by atoms with Gasteiger partial charge in [0, 0.05) is 34.2 Å². The number of hydrogen-bond donors (Lipinski definition) is 0. The molecule has 3 aromatic carbocycles. The number of nitriles is 1. The molecule has 4 aromatic rings. The van der Waals surface area contributed by atoms with Crippen LogP contribution in [-0.2, 0) is 6.54 Å². The molecule has 0 atom stereocenters. The van der Waals surface area contributed by atoms with E-state index in [1.165, 1.54) is 11.1 Å². The molecule has 4 rings (SSSR count). The van der Waals surface area contributed by atoms with Crippen molar-refractivity contribution in [2.45, 2.75) is 13.5 Å². The Hall–Kier alpha value is -3.28. The largest absolute Gasteiger partial charge is 0.342 e. The van der Waals surface area contributed by atoms with Crippen LogP contribution >= 0.6 is 11.6 Å². The maximum Gasteiger partial charge on any atom is 0.0998 e. The smallest absolute Gasteiger partial charge is 0.0998 e. The number of hydrogen-bond acceptors (Lipinski definition) is 1. The first-order valence-corrected chi connectivity index (χ1v) is 9.53. The molecule has 1 aromatic heterocycles. The van der Waals surface area contributed by atoms with Crippen LogP contribution in [0, 0.1) is 18.3 Å². The zero-order valence-electron chi connectivity index (χ0n) is 15.6. The van der Waals surface area contributed by atoms with Gasteiger partial charge in [-0.2, -0.15) is 5.26 Å². The second-order valence-electron chi connectivity index (χ2n) is 6.90.